The predicted molar refractivity (Wildman–Crippen MR) is 127 cm³/mol. The summed E-state index contributed by atoms with van der Waals surface area (Å²) in [6, 6.07) is 10.3. The van der Waals surface area contributed by atoms with Crippen LogP contribution < -0.4 is 15.5 Å². The van der Waals surface area contributed by atoms with Crippen molar-refractivity contribution in [3.63, 3.8) is 0 Å². The number of hydrogen-bond donors (Lipinski definition) is 1. The van der Waals surface area contributed by atoms with Crippen molar-refractivity contribution < 1.29 is 18.7 Å². The molecule has 0 fully saturated rings. The SMILES string of the molecule is COc1ccc(Cl)cc1NC(=O)Cn1cc(C(=O)c2ccncc2)c(=O)c2cc(C)c(F)cc21. The summed E-state index contributed by atoms with van der Waals surface area (Å²) in [5, 5.41) is 3.23. The first-order chi connectivity index (χ1) is 16.3. The van der Waals surface area contributed by atoms with Crippen LogP contribution >= 0.6 is 11.6 Å². The number of nitrogens with one attached hydrogen (secondary N) is 1. The van der Waals surface area contributed by atoms with Gasteiger partial charge in [0, 0.05) is 34.6 Å². The Labute approximate surface area is 198 Å². The van der Waals surface area contributed by atoms with E-state index in [0.717, 1.165) is 0 Å². The van der Waals surface area contributed by atoms with Gasteiger partial charge in [-0.25, -0.2) is 4.39 Å². The molecule has 2 heterocycles. The van der Waals surface area contributed by atoms with E-state index < -0.39 is 22.9 Å². The third kappa shape index (κ3) is 4.53. The summed E-state index contributed by atoms with van der Waals surface area (Å²) < 4.78 is 21.0. The third-order valence-corrected chi connectivity index (χ3v) is 5.53. The minimum Gasteiger partial charge on any atom is -0.495 e. The lowest BCUT2D eigenvalue weighted by molar-refractivity contribution is -0.116. The van der Waals surface area contributed by atoms with Crippen LogP contribution in [0.1, 0.15) is 21.5 Å². The highest BCUT2D eigenvalue weighted by molar-refractivity contribution is 6.31. The van der Waals surface area contributed by atoms with Crippen LogP contribution in [0.25, 0.3) is 10.9 Å². The number of nitrogens with zero attached hydrogens (tertiary/aromatic N) is 2. The van der Waals surface area contributed by atoms with Crippen LogP contribution in [0.15, 0.2) is 65.8 Å². The van der Waals surface area contributed by atoms with E-state index in [0.29, 0.717) is 16.5 Å². The Hall–Kier alpha value is -4.04. The molecule has 2 aromatic heterocycles. The first-order valence-corrected chi connectivity index (χ1v) is 10.6. The number of fused-ring (bicyclic) bond motifs is 1. The van der Waals surface area contributed by atoms with Gasteiger partial charge in [0.25, 0.3) is 0 Å². The standard InChI is InChI=1S/C25H19ClFN3O4/c1-14-9-17-21(11-19(14)27)30(12-18(25(17)33)24(32)15-5-7-28-8-6-15)13-23(31)29-20-10-16(26)3-4-22(20)34-2/h3-12H,13H2,1-2H3,(H,29,31). The Morgan fingerprint density at radius 1 is 1.15 bits per heavy atom. The maximum atomic E-state index is 14.4. The molecule has 172 valence electrons. The van der Waals surface area contributed by atoms with Gasteiger partial charge >= 0.3 is 0 Å². The molecule has 0 bridgehead atoms. The number of aromatic nitrogens is 2. The smallest absolute Gasteiger partial charge is 0.244 e. The van der Waals surface area contributed by atoms with Crippen LogP contribution in [-0.4, -0.2) is 28.4 Å². The van der Waals surface area contributed by atoms with E-state index in [1.165, 1.54) is 67.5 Å². The third-order valence-electron chi connectivity index (χ3n) is 5.30. The molecule has 34 heavy (non-hydrogen) atoms. The van der Waals surface area contributed by atoms with Gasteiger partial charge in [0.15, 0.2) is 5.78 Å². The number of rotatable bonds is 6. The molecule has 1 amide bonds. The molecule has 4 aromatic rings. The monoisotopic (exact) mass is 479 g/mol. The number of benzene rings is 2. The van der Waals surface area contributed by atoms with Crippen molar-refractivity contribution in [3.05, 3.63) is 98.8 Å². The molecular weight excluding hydrogens is 461 g/mol. The van der Waals surface area contributed by atoms with Crippen molar-refractivity contribution in [3.8, 4) is 5.75 Å². The highest BCUT2D eigenvalue weighted by atomic mass is 35.5. The predicted octanol–water partition coefficient (Wildman–Crippen LogP) is 4.38. The van der Waals surface area contributed by atoms with Crippen molar-refractivity contribution in [2.75, 3.05) is 12.4 Å². The van der Waals surface area contributed by atoms with Gasteiger partial charge in [-0.2, -0.15) is 0 Å². The number of pyridine rings is 2. The number of hydrogen-bond acceptors (Lipinski definition) is 5. The number of methoxy groups -OCH3 is 1. The quantitative estimate of drug-likeness (QED) is 0.414. The maximum Gasteiger partial charge on any atom is 0.244 e. The van der Waals surface area contributed by atoms with E-state index >= 15 is 0 Å². The molecule has 0 aliphatic carbocycles. The van der Waals surface area contributed by atoms with Crippen LogP contribution in [0.5, 0.6) is 5.75 Å². The first kappa shape index (κ1) is 23.1. The molecule has 0 spiro atoms. The molecule has 4 rings (SSSR count). The summed E-state index contributed by atoms with van der Waals surface area (Å²) in [5.74, 6) is -1.15. The van der Waals surface area contributed by atoms with Gasteiger partial charge in [0.05, 0.1) is 23.9 Å². The van der Waals surface area contributed by atoms with Gasteiger partial charge in [0.2, 0.25) is 11.3 Å². The number of anilines is 1. The number of ether oxygens (including phenoxy) is 1. The number of aryl methyl sites for hydroxylation is 1. The van der Waals surface area contributed by atoms with Gasteiger partial charge in [-0.05, 0) is 55.0 Å². The summed E-state index contributed by atoms with van der Waals surface area (Å²) in [7, 11) is 1.45. The highest BCUT2D eigenvalue weighted by Gasteiger charge is 2.20. The Bertz CT molecular complexity index is 1490. The number of carbonyl (C=O) groups is 2. The van der Waals surface area contributed by atoms with Gasteiger partial charge < -0.3 is 14.6 Å². The maximum absolute atomic E-state index is 14.4. The summed E-state index contributed by atoms with van der Waals surface area (Å²) in [4.78, 5) is 43.0. The summed E-state index contributed by atoms with van der Waals surface area (Å²) in [5.41, 5.74) is 0.363. The fourth-order valence-corrected chi connectivity index (χ4v) is 3.77. The normalized spacial score (nSPS) is 10.8. The zero-order chi connectivity index (χ0) is 24.4. The van der Waals surface area contributed by atoms with E-state index in [2.05, 4.69) is 10.3 Å². The molecule has 0 saturated heterocycles. The number of ketones is 1. The molecule has 0 radical (unpaired) electrons. The van der Waals surface area contributed by atoms with E-state index in [1.54, 1.807) is 12.1 Å². The van der Waals surface area contributed by atoms with Crippen molar-refractivity contribution in [1.29, 1.82) is 0 Å². The lowest BCUT2D eigenvalue weighted by Gasteiger charge is -2.15. The van der Waals surface area contributed by atoms with Gasteiger partial charge in [-0.15, -0.1) is 0 Å². The van der Waals surface area contributed by atoms with Crippen LogP contribution in [-0.2, 0) is 11.3 Å². The average molecular weight is 480 g/mol. The Morgan fingerprint density at radius 2 is 1.88 bits per heavy atom. The summed E-state index contributed by atoms with van der Waals surface area (Å²) in [6.07, 6.45) is 4.16. The van der Waals surface area contributed by atoms with Crippen LogP contribution in [0.3, 0.4) is 0 Å². The summed E-state index contributed by atoms with van der Waals surface area (Å²) in [6.45, 7) is 1.22. The van der Waals surface area contributed by atoms with E-state index in [4.69, 9.17) is 16.3 Å². The van der Waals surface area contributed by atoms with Gasteiger partial charge in [-0.1, -0.05) is 11.6 Å². The summed E-state index contributed by atoms with van der Waals surface area (Å²) >= 11 is 6.03. The fourth-order valence-electron chi connectivity index (χ4n) is 3.59. The van der Waals surface area contributed by atoms with E-state index in [9.17, 15) is 18.8 Å². The Morgan fingerprint density at radius 3 is 2.59 bits per heavy atom. The molecular formula is C25H19ClFN3O4. The molecule has 1 N–H and O–H groups in total. The zero-order valence-electron chi connectivity index (χ0n) is 18.3. The second-order valence-electron chi connectivity index (χ2n) is 7.58. The fraction of sp³-hybridized carbons (Fsp3) is 0.120. The number of halogens is 2. The van der Waals surface area contributed by atoms with Crippen molar-refractivity contribution in [1.82, 2.24) is 9.55 Å². The van der Waals surface area contributed by atoms with Crippen molar-refractivity contribution in [2.24, 2.45) is 0 Å². The van der Waals surface area contributed by atoms with Crippen LogP contribution in [0.2, 0.25) is 5.02 Å². The first-order valence-electron chi connectivity index (χ1n) is 10.2. The second-order valence-corrected chi connectivity index (χ2v) is 8.01. The highest BCUT2D eigenvalue weighted by Crippen LogP contribution is 2.28. The second kappa shape index (κ2) is 9.44. The largest absolute Gasteiger partial charge is 0.495 e. The topological polar surface area (TPSA) is 90.3 Å². The Balaban J connectivity index is 1.80. The van der Waals surface area contributed by atoms with Gasteiger partial charge in [0.1, 0.15) is 18.1 Å². The minimum atomic E-state index is -0.548. The van der Waals surface area contributed by atoms with Crippen LogP contribution in [0, 0.1) is 12.7 Å². The zero-order valence-corrected chi connectivity index (χ0v) is 19.0. The molecule has 2 aromatic carbocycles. The number of carbonyl (C=O) groups excluding carboxylic acids is 2. The van der Waals surface area contributed by atoms with E-state index in [1.807, 2.05) is 0 Å². The molecule has 0 atom stereocenters. The number of amides is 1. The molecule has 0 aliphatic rings. The van der Waals surface area contributed by atoms with Crippen LogP contribution in [0.4, 0.5) is 10.1 Å². The molecule has 0 saturated carbocycles. The molecule has 0 aliphatic heterocycles. The molecule has 0 unspecified atom stereocenters. The van der Waals surface area contributed by atoms with Gasteiger partial charge in [-0.3, -0.25) is 19.4 Å². The van der Waals surface area contributed by atoms with Crippen molar-refractivity contribution in [2.45, 2.75) is 13.5 Å². The van der Waals surface area contributed by atoms with E-state index in [-0.39, 0.29) is 34.1 Å². The lowest BCUT2D eigenvalue weighted by atomic mass is 10.0. The average Bonchev–Trinajstić information content (AvgIpc) is 2.82. The molecule has 7 nitrogen and oxygen atoms in total. The molecule has 9 heteroatoms. The van der Waals surface area contributed by atoms with Crippen molar-refractivity contribution >= 4 is 39.9 Å². The minimum absolute atomic E-state index is 0.131. The lowest BCUT2D eigenvalue weighted by Crippen LogP contribution is -2.24. The Kier molecular flexibility index (Phi) is 6.43.